The lowest BCUT2D eigenvalue weighted by Gasteiger charge is -2.05. The summed E-state index contributed by atoms with van der Waals surface area (Å²) < 4.78 is 2.27. The highest BCUT2D eigenvalue weighted by Gasteiger charge is 2.27. The smallest absolute Gasteiger partial charge is 0.279 e. The van der Waals surface area contributed by atoms with Crippen molar-refractivity contribution < 1.29 is 4.79 Å². The van der Waals surface area contributed by atoms with Crippen molar-refractivity contribution in [3.63, 3.8) is 0 Å². The molecule has 0 spiro atoms. The fraction of sp³-hybridized carbons (Fsp3) is 0.100. The van der Waals surface area contributed by atoms with Gasteiger partial charge >= 0.3 is 0 Å². The van der Waals surface area contributed by atoms with Crippen LogP contribution in [-0.2, 0) is 4.79 Å². The zero-order chi connectivity index (χ0) is 18.6. The number of nitrogens with zero attached hydrogens (tertiary/aromatic N) is 1. The number of nitrogens with one attached hydrogen (secondary N) is 2. The van der Waals surface area contributed by atoms with E-state index < -0.39 is 0 Å². The molecule has 3 aromatic rings. The molecule has 0 radical (unpaired) electrons. The van der Waals surface area contributed by atoms with Crippen LogP contribution < -0.4 is 21.4 Å². The summed E-state index contributed by atoms with van der Waals surface area (Å²) in [7, 11) is 0. The molecule has 2 heterocycles. The van der Waals surface area contributed by atoms with Crippen LogP contribution in [0.15, 0.2) is 45.7 Å². The number of carbonyl (C=O) groups is 1. The standard InChI is InChI=1S/C20H16BrN3O2/c1-10-4-6-14(8-11(10)2)24-20(26)17(12(3)23-24)18-15-9-13(21)5-7-16(15)22-19(18)25/h4-9,23H,3H2,1-2H3,(H,22,25). The molecule has 0 unspecified atom stereocenters. The van der Waals surface area contributed by atoms with Crippen molar-refractivity contribution >= 4 is 39.7 Å². The van der Waals surface area contributed by atoms with Gasteiger partial charge in [0.25, 0.3) is 11.5 Å². The van der Waals surface area contributed by atoms with E-state index in [-0.39, 0.29) is 16.7 Å². The molecule has 0 fully saturated rings. The minimum atomic E-state index is -0.300. The molecule has 130 valence electrons. The lowest BCUT2D eigenvalue weighted by Crippen LogP contribution is -2.38. The number of anilines is 1. The Bertz CT molecular complexity index is 1250. The Labute approximate surface area is 157 Å². The van der Waals surface area contributed by atoms with Crippen molar-refractivity contribution in [2.75, 3.05) is 5.32 Å². The number of halogens is 1. The van der Waals surface area contributed by atoms with E-state index in [1.165, 1.54) is 4.68 Å². The molecular formula is C20H16BrN3O2. The van der Waals surface area contributed by atoms with Crippen molar-refractivity contribution in [3.8, 4) is 5.69 Å². The molecule has 1 aliphatic rings. The van der Waals surface area contributed by atoms with Crippen LogP contribution in [0, 0.1) is 13.8 Å². The molecular weight excluding hydrogens is 394 g/mol. The second kappa shape index (κ2) is 5.85. The van der Waals surface area contributed by atoms with E-state index in [1.807, 2.05) is 50.2 Å². The number of hydrogen-bond donors (Lipinski definition) is 2. The normalized spacial score (nSPS) is 15.1. The van der Waals surface area contributed by atoms with E-state index in [4.69, 9.17) is 0 Å². The number of carbonyl (C=O) groups excluding carboxylic acids is 1. The maximum atomic E-state index is 13.1. The molecule has 26 heavy (non-hydrogen) atoms. The minimum absolute atomic E-state index is 0.289. The lowest BCUT2D eigenvalue weighted by molar-refractivity contribution is -0.110. The fourth-order valence-electron chi connectivity index (χ4n) is 3.17. The second-order valence-electron chi connectivity index (χ2n) is 6.39. The molecule has 0 atom stereocenters. The van der Waals surface area contributed by atoms with Gasteiger partial charge in [-0.25, -0.2) is 4.68 Å². The second-order valence-corrected chi connectivity index (χ2v) is 7.31. The molecule has 0 bridgehead atoms. The van der Waals surface area contributed by atoms with Gasteiger partial charge in [-0.3, -0.25) is 14.7 Å². The Hall–Kier alpha value is -2.86. The van der Waals surface area contributed by atoms with Gasteiger partial charge in [-0.15, -0.1) is 0 Å². The SMILES string of the molecule is C=c1[nH]n(-c2ccc(C)c(C)c2)c(=O)c1=C1C(=O)Nc2ccc(Br)cc21. The van der Waals surface area contributed by atoms with Gasteiger partial charge in [-0.05, 0) is 55.3 Å². The number of aryl methyl sites for hydroxylation is 2. The molecule has 1 aromatic heterocycles. The lowest BCUT2D eigenvalue weighted by atomic mass is 10.1. The Balaban J connectivity index is 2.05. The van der Waals surface area contributed by atoms with Crippen LogP contribution in [0.1, 0.15) is 16.7 Å². The van der Waals surface area contributed by atoms with E-state index in [0.29, 0.717) is 27.9 Å². The van der Waals surface area contributed by atoms with Gasteiger partial charge in [0.1, 0.15) is 0 Å². The number of hydrogen-bond acceptors (Lipinski definition) is 2. The van der Waals surface area contributed by atoms with Crippen molar-refractivity contribution in [2.45, 2.75) is 13.8 Å². The first-order valence-corrected chi connectivity index (χ1v) is 8.89. The number of rotatable bonds is 1. The highest BCUT2D eigenvalue weighted by Crippen LogP contribution is 2.31. The number of aromatic nitrogens is 2. The first-order valence-electron chi connectivity index (χ1n) is 8.10. The van der Waals surface area contributed by atoms with Crippen LogP contribution >= 0.6 is 15.9 Å². The molecule has 2 N–H and O–H groups in total. The maximum absolute atomic E-state index is 13.1. The molecule has 4 rings (SSSR count). The quantitative estimate of drug-likeness (QED) is 0.646. The summed E-state index contributed by atoms with van der Waals surface area (Å²) in [4.78, 5) is 25.6. The van der Waals surface area contributed by atoms with E-state index in [0.717, 1.165) is 15.6 Å². The van der Waals surface area contributed by atoms with Gasteiger partial charge < -0.3 is 5.32 Å². The van der Waals surface area contributed by atoms with E-state index in [2.05, 4.69) is 32.9 Å². The van der Waals surface area contributed by atoms with Crippen molar-refractivity contribution in [1.82, 2.24) is 9.78 Å². The van der Waals surface area contributed by atoms with Gasteiger partial charge in [0.05, 0.1) is 21.8 Å². The fourth-order valence-corrected chi connectivity index (χ4v) is 3.54. The zero-order valence-corrected chi connectivity index (χ0v) is 15.9. The van der Waals surface area contributed by atoms with Crippen LogP contribution in [0.3, 0.4) is 0 Å². The average molecular weight is 410 g/mol. The predicted molar refractivity (Wildman–Crippen MR) is 106 cm³/mol. The van der Waals surface area contributed by atoms with Crippen LogP contribution in [0.5, 0.6) is 0 Å². The maximum Gasteiger partial charge on any atom is 0.279 e. The molecule has 2 aromatic carbocycles. The van der Waals surface area contributed by atoms with Crippen LogP contribution in [0.2, 0.25) is 0 Å². The highest BCUT2D eigenvalue weighted by atomic mass is 79.9. The van der Waals surface area contributed by atoms with Crippen molar-refractivity contribution in [1.29, 1.82) is 0 Å². The third kappa shape index (κ3) is 2.45. The molecule has 1 amide bonds. The van der Waals surface area contributed by atoms with Crippen LogP contribution in [0.4, 0.5) is 5.69 Å². The van der Waals surface area contributed by atoms with Gasteiger partial charge in [-0.2, -0.15) is 0 Å². The van der Waals surface area contributed by atoms with Crippen molar-refractivity contribution in [2.24, 2.45) is 0 Å². The largest absolute Gasteiger partial charge is 0.321 e. The summed E-state index contributed by atoms with van der Waals surface area (Å²) in [6.07, 6.45) is 0. The summed E-state index contributed by atoms with van der Waals surface area (Å²) in [6.45, 7) is 7.96. The molecule has 6 heteroatoms. The summed E-state index contributed by atoms with van der Waals surface area (Å²) >= 11 is 3.42. The molecule has 0 saturated heterocycles. The Morgan fingerprint density at radius 3 is 2.54 bits per heavy atom. The number of amides is 1. The monoisotopic (exact) mass is 409 g/mol. The van der Waals surface area contributed by atoms with Crippen molar-refractivity contribution in [3.05, 3.63) is 78.5 Å². The zero-order valence-electron chi connectivity index (χ0n) is 14.3. The summed E-state index contributed by atoms with van der Waals surface area (Å²) in [5.74, 6) is -0.300. The van der Waals surface area contributed by atoms with Gasteiger partial charge in [0, 0.05) is 15.7 Å². The predicted octanol–water partition coefficient (Wildman–Crippen LogP) is 2.11. The van der Waals surface area contributed by atoms with Gasteiger partial charge in [0.15, 0.2) is 0 Å². The first-order chi connectivity index (χ1) is 12.4. The van der Waals surface area contributed by atoms with E-state index in [1.54, 1.807) is 0 Å². The minimum Gasteiger partial charge on any atom is -0.321 e. The van der Waals surface area contributed by atoms with E-state index in [9.17, 15) is 9.59 Å². The van der Waals surface area contributed by atoms with Crippen LogP contribution in [0.25, 0.3) is 17.8 Å². The summed E-state index contributed by atoms with van der Waals surface area (Å²) in [5.41, 5.74) is 4.36. The topological polar surface area (TPSA) is 66.9 Å². The van der Waals surface area contributed by atoms with E-state index >= 15 is 0 Å². The highest BCUT2D eigenvalue weighted by molar-refractivity contribution is 9.10. The van der Waals surface area contributed by atoms with Gasteiger partial charge in [0.2, 0.25) is 0 Å². The molecule has 5 nitrogen and oxygen atoms in total. The summed E-state index contributed by atoms with van der Waals surface area (Å²) in [5, 5.41) is 6.50. The summed E-state index contributed by atoms with van der Waals surface area (Å²) in [6, 6.07) is 11.2. The average Bonchev–Trinajstić information content (AvgIpc) is 3.05. The van der Waals surface area contributed by atoms with Gasteiger partial charge in [-0.1, -0.05) is 28.6 Å². The molecule has 0 saturated carbocycles. The number of H-pyrrole nitrogens is 1. The van der Waals surface area contributed by atoms with Crippen LogP contribution in [-0.4, -0.2) is 15.7 Å². The molecule has 1 aliphatic heterocycles. The Kier molecular flexibility index (Phi) is 3.73. The number of aromatic amines is 1. The molecule has 0 aliphatic carbocycles. The third-order valence-electron chi connectivity index (χ3n) is 4.69. The Morgan fingerprint density at radius 2 is 1.81 bits per heavy atom. The first kappa shape index (κ1) is 16.6. The Morgan fingerprint density at radius 1 is 1.04 bits per heavy atom. The number of fused-ring (bicyclic) bond motifs is 1. The number of benzene rings is 2. The third-order valence-corrected chi connectivity index (χ3v) is 5.18.